The van der Waals surface area contributed by atoms with E-state index in [4.69, 9.17) is 21.1 Å². The van der Waals surface area contributed by atoms with E-state index in [1.54, 1.807) is 19.4 Å². The number of rotatable bonds is 11. The number of aliphatic imine (C=N–C) groups is 1. The summed E-state index contributed by atoms with van der Waals surface area (Å²) >= 11 is 6.25. The van der Waals surface area contributed by atoms with Gasteiger partial charge in [-0.3, -0.25) is 9.79 Å². The number of ether oxygens (including phenoxy) is 2. The molecule has 1 unspecified atom stereocenters. The topological polar surface area (TPSA) is 54.4 Å². The molecule has 2 atom stereocenters. The highest BCUT2D eigenvalue weighted by Crippen LogP contribution is 2.44. The number of fused-ring (bicyclic) bond motifs is 1. The van der Waals surface area contributed by atoms with E-state index in [0.717, 1.165) is 40.2 Å². The first-order valence-corrected chi connectivity index (χ1v) is 14.2. The molecule has 0 fully saturated rings. The molecule has 6 nitrogen and oxygen atoms in total. The lowest BCUT2D eigenvalue weighted by atomic mass is 9.86. The average Bonchev–Trinajstić information content (AvgIpc) is 2.97. The van der Waals surface area contributed by atoms with Crippen LogP contribution in [0.3, 0.4) is 0 Å². The van der Waals surface area contributed by atoms with Crippen molar-refractivity contribution < 1.29 is 14.3 Å². The highest BCUT2D eigenvalue weighted by atomic mass is 35.5. The standard InChI is InChI=1S/C34H38ClN3O3/c1-7-10-27(36-9-3)22-37(5)28-15-17-29(18-16-28)38-33(39)20-25-19-31(40-6)32(41-23(4)8-2)21-30(25)34(38)24-11-13-26(35)14-12-24/h7,9-19,21,23,34H,1,8,20,22H2,2-6H3/b27-10-,36-9?/t23-,34?/m1/s1. The maximum absolute atomic E-state index is 13.8. The van der Waals surface area contributed by atoms with Gasteiger partial charge >= 0.3 is 0 Å². The molecule has 0 radical (unpaired) electrons. The molecule has 0 aromatic heterocycles. The van der Waals surface area contributed by atoms with Crippen molar-refractivity contribution in [3.05, 3.63) is 107 Å². The van der Waals surface area contributed by atoms with Crippen LogP contribution in [-0.2, 0) is 11.2 Å². The van der Waals surface area contributed by atoms with E-state index < -0.39 is 0 Å². The van der Waals surface area contributed by atoms with Gasteiger partial charge in [0.2, 0.25) is 5.91 Å². The molecule has 1 aliphatic rings. The second-order valence-corrected chi connectivity index (χ2v) is 10.5. The Morgan fingerprint density at radius 3 is 2.49 bits per heavy atom. The lowest BCUT2D eigenvalue weighted by Crippen LogP contribution is -2.41. The third-order valence-electron chi connectivity index (χ3n) is 7.25. The lowest BCUT2D eigenvalue weighted by molar-refractivity contribution is -0.118. The first-order chi connectivity index (χ1) is 19.8. The van der Waals surface area contributed by atoms with Crippen molar-refractivity contribution in [3.8, 4) is 11.5 Å². The Kier molecular flexibility index (Phi) is 9.90. The zero-order valence-electron chi connectivity index (χ0n) is 24.4. The number of nitrogens with zero attached hydrogens (tertiary/aromatic N) is 3. The van der Waals surface area contributed by atoms with Gasteiger partial charge in [0, 0.05) is 29.7 Å². The molecule has 7 heteroatoms. The van der Waals surface area contributed by atoms with Crippen molar-refractivity contribution in [2.45, 2.75) is 45.8 Å². The van der Waals surface area contributed by atoms with E-state index in [9.17, 15) is 4.79 Å². The number of likely N-dealkylation sites (N-methyl/N-ethyl adjacent to an activating group) is 1. The molecule has 1 aliphatic heterocycles. The summed E-state index contributed by atoms with van der Waals surface area (Å²) < 4.78 is 11.9. The Morgan fingerprint density at radius 2 is 1.88 bits per heavy atom. The zero-order chi connectivity index (χ0) is 29.5. The summed E-state index contributed by atoms with van der Waals surface area (Å²) in [6.45, 7) is 10.4. The summed E-state index contributed by atoms with van der Waals surface area (Å²) in [6.07, 6.45) is 6.56. The van der Waals surface area contributed by atoms with E-state index in [2.05, 4.69) is 23.4 Å². The number of benzene rings is 3. The van der Waals surface area contributed by atoms with Crippen molar-refractivity contribution in [1.82, 2.24) is 0 Å². The monoisotopic (exact) mass is 571 g/mol. The quantitative estimate of drug-likeness (QED) is 0.174. The Bertz CT molecular complexity index is 1430. The Balaban J connectivity index is 1.76. The first-order valence-electron chi connectivity index (χ1n) is 13.9. The molecule has 1 heterocycles. The second-order valence-electron chi connectivity index (χ2n) is 10.1. The smallest absolute Gasteiger partial charge is 0.232 e. The lowest BCUT2D eigenvalue weighted by Gasteiger charge is -2.38. The first kappa shape index (κ1) is 29.9. The highest BCUT2D eigenvalue weighted by Gasteiger charge is 2.36. The molecule has 0 saturated heterocycles. The fourth-order valence-corrected chi connectivity index (χ4v) is 5.14. The van der Waals surface area contributed by atoms with Crippen LogP contribution in [0.15, 0.2) is 90.1 Å². The number of halogens is 1. The van der Waals surface area contributed by atoms with Crippen LogP contribution < -0.4 is 19.3 Å². The molecule has 0 bridgehead atoms. The van der Waals surface area contributed by atoms with Crippen molar-refractivity contribution >= 4 is 35.1 Å². The van der Waals surface area contributed by atoms with Crippen LogP contribution in [0.5, 0.6) is 11.5 Å². The predicted molar refractivity (Wildman–Crippen MR) is 170 cm³/mol. The number of carbonyl (C=O) groups excluding carboxylic acids is 1. The Hall–Kier alpha value is -4.03. The number of carbonyl (C=O) groups is 1. The third-order valence-corrected chi connectivity index (χ3v) is 7.50. The van der Waals surface area contributed by atoms with Crippen LogP contribution in [-0.4, -0.2) is 38.9 Å². The largest absolute Gasteiger partial charge is 0.493 e. The number of methoxy groups -OCH3 is 1. The minimum Gasteiger partial charge on any atom is -0.493 e. The second kappa shape index (κ2) is 13.6. The Labute approximate surface area is 248 Å². The minimum absolute atomic E-state index is 0.00434. The molecule has 1 amide bonds. The van der Waals surface area contributed by atoms with E-state index in [1.165, 1.54) is 0 Å². The van der Waals surface area contributed by atoms with Crippen LogP contribution in [0.25, 0.3) is 0 Å². The maximum atomic E-state index is 13.8. The summed E-state index contributed by atoms with van der Waals surface area (Å²) in [5.74, 6) is 1.30. The Morgan fingerprint density at radius 1 is 1.17 bits per heavy atom. The SMILES string of the molecule is C=C/C=C(/CN(C)c1ccc(N2C(=O)Cc3cc(OC)c(O[C@H](C)CC)cc3C2c2ccc(Cl)cc2)cc1)N=CC. The van der Waals surface area contributed by atoms with Gasteiger partial charge < -0.3 is 19.3 Å². The molecule has 3 aromatic rings. The number of hydrogen-bond donors (Lipinski definition) is 0. The van der Waals surface area contributed by atoms with Crippen LogP contribution in [0.2, 0.25) is 5.02 Å². The minimum atomic E-state index is -0.363. The molecule has 0 N–H and O–H groups in total. The van der Waals surface area contributed by atoms with E-state index >= 15 is 0 Å². The fourth-order valence-electron chi connectivity index (χ4n) is 5.02. The number of anilines is 2. The number of hydrogen-bond acceptors (Lipinski definition) is 5. The number of allylic oxidation sites excluding steroid dienone is 2. The van der Waals surface area contributed by atoms with Crippen molar-refractivity contribution in [1.29, 1.82) is 0 Å². The molecule has 4 rings (SSSR count). The molecule has 0 spiro atoms. The van der Waals surface area contributed by atoms with Crippen molar-refractivity contribution in [2.75, 3.05) is 30.5 Å². The van der Waals surface area contributed by atoms with Crippen LogP contribution in [0.4, 0.5) is 11.4 Å². The predicted octanol–water partition coefficient (Wildman–Crippen LogP) is 7.80. The van der Waals surface area contributed by atoms with E-state index in [0.29, 0.717) is 23.1 Å². The van der Waals surface area contributed by atoms with Gasteiger partial charge in [-0.05, 0) is 91.6 Å². The molecular formula is C34H38ClN3O3. The summed E-state index contributed by atoms with van der Waals surface area (Å²) in [7, 11) is 3.64. The summed E-state index contributed by atoms with van der Waals surface area (Å²) in [5.41, 5.74) is 5.62. The van der Waals surface area contributed by atoms with Gasteiger partial charge in [0.1, 0.15) is 0 Å². The molecule has 3 aromatic carbocycles. The van der Waals surface area contributed by atoms with Gasteiger partial charge in [-0.15, -0.1) is 0 Å². The average molecular weight is 572 g/mol. The van der Waals surface area contributed by atoms with Gasteiger partial charge in [0.15, 0.2) is 11.5 Å². The van der Waals surface area contributed by atoms with Gasteiger partial charge in [-0.2, -0.15) is 0 Å². The molecular weight excluding hydrogens is 534 g/mol. The normalized spacial score (nSPS) is 16.0. The summed E-state index contributed by atoms with van der Waals surface area (Å²) in [6, 6.07) is 19.3. The van der Waals surface area contributed by atoms with E-state index in [-0.39, 0.29) is 24.5 Å². The third kappa shape index (κ3) is 6.83. The highest BCUT2D eigenvalue weighted by molar-refractivity contribution is 6.30. The van der Waals surface area contributed by atoms with Crippen LogP contribution >= 0.6 is 11.6 Å². The fraction of sp³-hybridized carbons (Fsp3) is 0.294. The molecule has 214 valence electrons. The summed E-state index contributed by atoms with van der Waals surface area (Å²) in [5, 5.41) is 0.642. The van der Waals surface area contributed by atoms with Gasteiger partial charge in [-0.1, -0.05) is 43.3 Å². The molecule has 0 saturated carbocycles. The number of amides is 1. The zero-order valence-corrected chi connectivity index (χ0v) is 25.2. The summed E-state index contributed by atoms with van der Waals surface area (Å²) in [4.78, 5) is 22.2. The van der Waals surface area contributed by atoms with Crippen LogP contribution in [0.1, 0.15) is 49.9 Å². The maximum Gasteiger partial charge on any atom is 0.232 e. The van der Waals surface area contributed by atoms with Crippen molar-refractivity contribution in [3.63, 3.8) is 0 Å². The molecule has 41 heavy (non-hydrogen) atoms. The van der Waals surface area contributed by atoms with Gasteiger partial charge in [0.05, 0.1) is 37.9 Å². The van der Waals surface area contributed by atoms with E-state index in [1.807, 2.05) is 92.5 Å². The van der Waals surface area contributed by atoms with Crippen LogP contribution in [0, 0.1) is 0 Å². The van der Waals surface area contributed by atoms with Gasteiger partial charge in [0.25, 0.3) is 0 Å². The molecule has 0 aliphatic carbocycles. The van der Waals surface area contributed by atoms with Crippen molar-refractivity contribution in [2.24, 2.45) is 4.99 Å². The van der Waals surface area contributed by atoms with Gasteiger partial charge in [-0.25, -0.2) is 0 Å².